The van der Waals surface area contributed by atoms with Gasteiger partial charge in [0.1, 0.15) is 4.83 Å². The summed E-state index contributed by atoms with van der Waals surface area (Å²) in [5.41, 5.74) is 0. The van der Waals surface area contributed by atoms with Crippen molar-refractivity contribution in [1.82, 2.24) is 4.90 Å². The third-order valence-corrected chi connectivity index (χ3v) is 4.41. The molecular formula is C11H17BrF3NO. The maximum Gasteiger partial charge on any atom is 0.402 e. The van der Waals surface area contributed by atoms with E-state index in [0.717, 1.165) is 25.7 Å². The molecule has 3 unspecified atom stereocenters. The van der Waals surface area contributed by atoms with E-state index in [4.69, 9.17) is 4.74 Å². The van der Waals surface area contributed by atoms with Crippen molar-refractivity contribution in [3.05, 3.63) is 0 Å². The number of hydrogen-bond donors (Lipinski definition) is 0. The highest BCUT2D eigenvalue weighted by Crippen LogP contribution is 2.32. The number of hydrogen-bond acceptors (Lipinski definition) is 2. The Balaban J connectivity index is 1.95. The molecule has 0 N–H and O–H groups in total. The van der Waals surface area contributed by atoms with Crippen molar-refractivity contribution < 1.29 is 17.9 Å². The summed E-state index contributed by atoms with van der Waals surface area (Å²) in [6.45, 7) is 1.20. The lowest BCUT2D eigenvalue weighted by molar-refractivity contribution is -0.142. The predicted molar refractivity (Wildman–Crippen MR) is 62.3 cm³/mol. The normalized spacial score (nSPS) is 33.2. The lowest BCUT2D eigenvalue weighted by atomic mass is 9.90. The summed E-state index contributed by atoms with van der Waals surface area (Å²) >= 11 is 2.74. The van der Waals surface area contributed by atoms with Gasteiger partial charge in [0, 0.05) is 19.1 Å². The first-order chi connectivity index (χ1) is 7.98. The molecule has 0 radical (unpaired) electrons. The van der Waals surface area contributed by atoms with Gasteiger partial charge in [-0.25, -0.2) is 0 Å². The lowest BCUT2D eigenvalue weighted by Gasteiger charge is -2.44. The van der Waals surface area contributed by atoms with E-state index in [1.54, 1.807) is 0 Å². The van der Waals surface area contributed by atoms with Crippen molar-refractivity contribution in [2.45, 2.75) is 48.8 Å². The number of morpholine rings is 1. The van der Waals surface area contributed by atoms with Crippen LogP contribution in [0.3, 0.4) is 0 Å². The van der Waals surface area contributed by atoms with Crippen LogP contribution in [-0.2, 0) is 4.74 Å². The quantitative estimate of drug-likeness (QED) is 0.726. The standard InChI is InChI=1S/C11H17BrF3NO/c12-10(11(13,14)15)7-16-5-6-17-9-4-2-1-3-8(9)16/h8-10H,1-7H2. The fraction of sp³-hybridized carbons (Fsp3) is 1.00. The van der Waals surface area contributed by atoms with Crippen molar-refractivity contribution in [2.75, 3.05) is 19.7 Å². The number of fused-ring (bicyclic) bond motifs is 1. The summed E-state index contributed by atoms with van der Waals surface area (Å²) in [7, 11) is 0. The summed E-state index contributed by atoms with van der Waals surface area (Å²) in [5, 5.41) is 0. The number of ether oxygens (including phenoxy) is 1. The minimum atomic E-state index is -4.16. The van der Waals surface area contributed by atoms with Crippen LogP contribution < -0.4 is 0 Å². The molecule has 0 aromatic carbocycles. The first-order valence-corrected chi connectivity index (χ1v) is 6.96. The van der Waals surface area contributed by atoms with Crippen LogP contribution in [0, 0.1) is 0 Å². The van der Waals surface area contributed by atoms with Crippen LogP contribution in [0.25, 0.3) is 0 Å². The molecule has 1 saturated heterocycles. The summed E-state index contributed by atoms with van der Waals surface area (Å²) in [6, 6.07) is 0.180. The zero-order valence-electron chi connectivity index (χ0n) is 9.55. The van der Waals surface area contributed by atoms with Crippen LogP contribution in [0.4, 0.5) is 13.2 Å². The summed E-state index contributed by atoms with van der Waals surface area (Å²) < 4.78 is 43.2. The summed E-state index contributed by atoms with van der Waals surface area (Å²) in [5.74, 6) is 0. The zero-order valence-corrected chi connectivity index (χ0v) is 11.1. The van der Waals surface area contributed by atoms with Gasteiger partial charge in [0.05, 0.1) is 12.7 Å². The molecule has 100 valence electrons. The molecule has 2 aliphatic rings. The maximum absolute atomic E-state index is 12.5. The minimum Gasteiger partial charge on any atom is -0.375 e. The molecule has 2 fully saturated rings. The number of alkyl halides is 4. The Morgan fingerprint density at radius 2 is 2.00 bits per heavy atom. The third kappa shape index (κ3) is 3.35. The Morgan fingerprint density at radius 1 is 1.29 bits per heavy atom. The van der Waals surface area contributed by atoms with Gasteiger partial charge in [-0.3, -0.25) is 4.90 Å². The van der Waals surface area contributed by atoms with Crippen LogP contribution in [0.5, 0.6) is 0 Å². The monoisotopic (exact) mass is 315 g/mol. The molecule has 0 aromatic rings. The van der Waals surface area contributed by atoms with E-state index in [1.807, 2.05) is 4.90 Å². The van der Waals surface area contributed by atoms with E-state index in [9.17, 15) is 13.2 Å². The van der Waals surface area contributed by atoms with Crippen molar-refractivity contribution in [2.24, 2.45) is 0 Å². The summed E-state index contributed by atoms with van der Waals surface area (Å²) in [6.07, 6.45) is 0.155. The molecule has 1 aliphatic carbocycles. The smallest absolute Gasteiger partial charge is 0.375 e. The molecule has 3 atom stereocenters. The van der Waals surface area contributed by atoms with Crippen LogP contribution >= 0.6 is 15.9 Å². The Hall–Kier alpha value is 0.190. The third-order valence-electron chi connectivity index (χ3n) is 3.60. The molecule has 1 aliphatic heterocycles. The highest BCUT2D eigenvalue weighted by molar-refractivity contribution is 9.09. The zero-order chi connectivity index (χ0) is 12.5. The van der Waals surface area contributed by atoms with Crippen LogP contribution in [-0.4, -0.2) is 47.7 Å². The molecule has 0 amide bonds. The minimum absolute atomic E-state index is 0.0357. The number of halogens is 4. The largest absolute Gasteiger partial charge is 0.402 e. The van der Waals surface area contributed by atoms with E-state index < -0.39 is 11.0 Å². The van der Waals surface area contributed by atoms with Gasteiger partial charge in [0.25, 0.3) is 0 Å². The maximum atomic E-state index is 12.5. The number of rotatable bonds is 2. The molecule has 1 saturated carbocycles. The molecule has 0 bridgehead atoms. The van der Waals surface area contributed by atoms with Gasteiger partial charge in [-0.15, -0.1) is 0 Å². The fourth-order valence-corrected chi connectivity index (χ4v) is 3.08. The van der Waals surface area contributed by atoms with Crippen molar-refractivity contribution in [1.29, 1.82) is 0 Å². The van der Waals surface area contributed by atoms with Gasteiger partial charge >= 0.3 is 6.18 Å². The van der Waals surface area contributed by atoms with E-state index in [0.29, 0.717) is 13.2 Å². The Morgan fingerprint density at radius 3 is 2.71 bits per heavy atom. The van der Waals surface area contributed by atoms with Gasteiger partial charge in [0.15, 0.2) is 0 Å². The number of nitrogens with zero attached hydrogens (tertiary/aromatic N) is 1. The Kier molecular flexibility index (Phi) is 4.36. The van der Waals surface area contributed by atoms with Gasteiger partial charge in [-0.05, 0) is 12.8 Å². The molecule has 1 heterocycles. The molecule has 17 heavy (non-hydrogen) atoms. The summed E-state index contributed by atoms with van der Waals surface area (Å²) in [4.78, 5) is 0.510. The Bertz CT molecular complexity index is 260. The molecule has 0 spiro atoms. The molecule has 6 heteroatoms. The first-order valence-electron chi connectivity index (χ1n) is 6.05. The van der Waals surface area contributed by atoms with E-state index in [-0.39, 0.29) is 18.7 Å². The average Bonchev–Trinajstić information content (AvgIpc) is 2.28. The van der Waals surface area contributed by atoms with Gasteiger partial charge < -0.3 is 4.74 Å². The highest BCUT2D eigenvalue weighted by atomic mass is 79.9. The van der Waals surface area contributed by atoms with Gasteiger partial charge in [-0.1, -0.05) is 28.8 Å². The molecular weight excluding hydrogens is 299 g/mol. The lowest BCUT2D eigenvalue weighted by Crippen LogP contribution is -2.55. The van der Waals surface area contributed by atoms with Crippen molar-refractivity contribution in [3.63, 3.8) is 0 Å². The van der Waals surface area contributed by atoms with Gasteiger partial charge in [-0.2, -0.15) is 13.2 Å². The predicted octanol–water partition coefficient (Wildman–Crippen LogP) is 2.96. The van der Waals surface area contributed by atoms with Crippen molar-refractivity contribution >= 4 is 15.9 Å². The second-order valence-electron chi connectivity index (χ2n) is 4.77. The van der Waals surface area contributed by atoms with Gasteiger partial charge in [0.2, 0.25) is 0 Å². The Labute approximate surface area is 108 Å². The van der Waals surface area contributed by atoms with E-state index in [1.165, 1.54) is 0 Å². The second-order valence-corrected chi connectivity index (χ2v) is 5.87. The van der Waals surface area contributed by atoms with E-state index in [2.05, 4.69) is 15.9 Å². The molecule has 0 aromatic heterocycles. The topological polar surface area (TPSA) is 12.5 Å². The highest BCUT2D eigenvalue weighted by Gasteiger charge is 2.42. The SMILES string of the molecule is FC(F)(F)C(Br)CN1CCOC2CCCCC21. The van der Waals surface area contributed by atoms with Crippen LogP contribution in [0.15, 0.2) is 0 Å². The molecule has 2 nitrogen and oxygen atoms in total. The van der Waals surface area contributed by atoms with Crippen LogP contribution in [0.2, 0.25) is 0 Å². The first kappa shape index (κ1) is 13.6. The second kappa shape index (κ2) is 5.45. The average molecular weight is 316 g/mol. The fourth-order valence-electron chi connectivity index (χ4n) is 2.71. The van der Waals surface area contributed by atoms with E-state index >= 15 is 0 Å². The van der Waals surface area contributed by atoms with Crippen molar-refractivity contribution in [3.8, 4) is 0 Å². The van der Waals surface area contributed by atoms with Crippen LogP contribution in [0.1, 0.15) is 25.7 Å². The molecule has 2 rings (SSSR count).